The predicted octanol–water partition coefficient (Wildman–Crippen LogP) is 2.81. The summed E-state index contributed by atoms with van der Waals surface area (Å²) in [6.07, 6.45) is -6.76. The molecule has 0 aliphatic heterocycles. The number of alkyl halides is 6. The maximum absolute atomic E-state index is 13.1. The van der Waals surface area contributed by atoms with Gasteiger partial charge in [-0.3, -0.25) is 14.2 Å². The summed E-state index contributed by atoms with van der Waals surface area (Å²) in [5.41, 5.74) is -1.48. The van der Waals surface area contributed by atoms with Crippen LogP contribution in [0.15, 0.2) is 12.3 Å². The lowest BCUT2D eigenvalue weighted by Gasteiger charge is -2.15. The summed E-state index contributed by atoms with van der Waals surface area (Å²) < 4.78 is 79.0. The molecule has 0 radical (unpaired) electrons. The highest BCUT2D eigenvalue weighted by molar-refractivity contribution is 5.76. The summed E-state index contributed by atoms with van der Waals surface area (Å²) in [5, 5.41) is 9.48. The molecule has 28 heavy (non-hydrogen) atoms. The number of carbonyl (C=O) groups excluding carboxylic acids is 1. The predicted molar refractivity (Wildman–Crippen MR) is 84.1 cm³/mol. The first-order valence-electron chi connectivity index (χ1n) is 8.51. The van der Waals surface area contributed by atoms with Gasteiger partial charge in [0.1, 0.15) is 6.54 Å². The van der Waals surface area contributed by atoms with Gasteiger partial charge in [0, 0.05) is 23.5 Å². The number of aromatic nitrogens is 4. The fourth-order valence-electron chi connectivity index (χ4n) is 3.26. The van der Waals surface area contributed by atoms with Gasteiger partial charge in [-0.05, 0) is 32.3 Å². The molecule has 0 bridgehead atoms. The number of nitrogens with zero attached hydrogens (tertiary/aromatic N) is 4. The van der Waals surface area contributed by atoms with Crippen LogP contribution in [-0.4, -0.2) is 31.5 Å². The van der Waals surface area contributed by atoms with Crippen molar-refractivity contribution in [2.45, 2.75) is 57.7 Å². The van der Waals surface area contributed by atoms with Gasteiger partial charge in [0.15, 0.2) is 11.4 Å². The molecule has 1 aliphatic carbocycles. The number of hydrogen-bond donors (Lipinski definition) is 1. The van der Waals surface area contributed by atoms with Crippen LogP contribution >= 0.6 is 0 Å². The summed E-state index contributed by atoms with van der Waals surface area (Å²) >= 11 is 0. The maximum Gasteiger partial charge on any atom is 0.435 e. The Kier molecular flexibility index (Phi) is 5.15. The lowest BCUT2D eigenvalue weighted by atomic mass is 10.2. The van der Waals surface area contributed by atoms with Crippen LogP contribution in [0.4, 0.5) is 26.3 Å². The van der Waals surface area contributed by atoms with Gasteiger partial charge in [-0.15, -0.1) is 0 Å². The van der Waals surface area contributed by atoms with E-state index in [9.17, 15) is 31.1 Å². The van der Waals surface area contributed by atoms with Crippen molar-refractivity contribution in [2.24, 2.45) is 0 Å². The molecule has 0 fully saturated rings. The fraction of sp³-hybridized carbons (Fsp3) is 0.562. The highest BCUT2D eigenvalue weighted by atomic mass is 19.4. The second-order valence-corrected chi connectivity index (χ2v) is 6.67. The van der Waals surface area contributed by atoms with Crippen LogP contribution in [0.1, 0.15) is 36.0 Å². The van der Waals surface area contributed by atoms with E-state index < -0.39 is 42.2 Å². The molecular weight excluding hydrogens is 392 g/mol. The Bertz CT molecular complexity index is 866. The zero-order valence-electron chi connectivity index (χ0n) is 14.7. The van der Waals surface area contributed by atoms with Crippen molar-refractivity contribution in [2.75, 3.05) is 0 Å². The van der Waals surface area contributed by atoms with Gasteiger partial charge in [0.05, 0.1) is 6.54 Å². The van der Waals surface area contributed by atoms with E-state index in [0.29, 0.717) is 18.5 Å². The van der Waals surface area contributed by atoms with E-state index in [0.717, 1.165) is 21.6 Å². The van der Waals surface area contributed by atoms with Gasteiger partial charge in [-0.25, -0.2) is 0 Å². The lowest BCUT2D eigenvalue weighted by Crippen LogP contribution is -2.38. The molecule has 1 N–H and O–H groups in total. The average molecular weight is 409 g/mol. The van der Waals surface area contributed by atoms with Crippen LogP contribution in [0.5, 0.6) is 0 Å². The van der Waals surface area contributed by atoms with E-state index in [2.05, 4.69) is 15.5 Å². The van der Waals surface area contributed by atoms with Crippen molar-refractivity contribution in [3.63, 3.8) is 0 Å². The number of carbonyl (C=O) groups is 1. The molecule has 0 spiro atoms. The first-order valence-corrected chi connectivity index (χ1v) is 8.51. The van der Waals surface area contributed by atoms with Gasteiger partial charge in [-0.1, -0.05) is 0 Å². The van der Waals surface area contributed by atoms with Crippen LogP contribution in [0.25, 0.3) is 0 Å². The first kappa shape index (κ1) is 20.2. The van der Waals surface area contributed by atoms with E-state index in [1.54, 1.807) is 6.92 Å². The van der Waals surface area contributed by atoms with E-state index in [4.69, 9.17) is 0 Å². The molecule has 12 heteroatoms. The third kappa shape index (κ3) is 4.30. The zero-order valence-corrected chi connectivity index (χ0v) is 14.7. The molecule has 6 nitrogen and oxygen atoms in total. The molecule has 154 valence electrons. The molecular formula is C16H17F6N5O. The number of halogens is 6. The Morgan fingerprint density at radius 2 is 1.89 bits per heavy atom. The average Bonchev–Trinajstić information content (AvgIpc) is 3.22. The minimum absolute atomic E-state index is 0.0210. The number of rotatable bonds is 5. The maximum atomic E-state index is 13.1. The topological polar surface area (TPSA) is 64.7 Å². The normalized spacial score (nSPS) is 15.5. The molecule has 2 aromatic heterocycles. The van der Waals surface area contributed by atoms with Crippen molar-refractivity contribution >= 4 is 5.91 Å². The summed E-state index contributed by atoms with van der Waals surface area (Å²) in [7, 11) is 0. The number of fused-ring (bicyclic) bond motifs is 1. The van der Waals surface area contributed by atoms with Crippen molar-refractivity contribution in [1.82, 2.24) is 24.9 Å². The van der Waals surface area contributed by atoms with Gasteiger partial charge in [0.25, 0.3) is 0 Å². The third-order valence-corrected chi connectivity index (χ3v) is 4.37. The van der Waals surface area contributed by atoms with Crippen molar-refractivity contribution in [3.8, 4) is 0 Å². The largest absolute Gasteiger partial charge is 0.435 e. The molecule has 2 heterocycles. The molecule has 1 amide bonds. The third-order valence-electron chi connectivity index (χ3n) is 4.37. The van der Waals surface area contributed by atoms with E-state index in [1.807, 2.05) is 0 Å². The quantitative estimate of drug-likeness (QED) is 0.773. The fourth-order valence-corrected chi connectivity index (χ4v) is 3.26. The highest BCUT2D eigenvalue weighted by Gasteiger charge is 2.40. The molecule has 0 saturated heterocycles. The SMILES string of the molecule is CC(Cn1ccc(C(F)(F)F)n1)NC(=O)Cn1nc(C(F)(F)F)c2c1CCC2. The molecule has 3 rings (SSSR count). The Labute approximate surface area is 155 Å². The summed E-state index contributed by atoms with van der Waals surface area (Å²) in [6, 6.07) is 0.236. The highest BCUT2D eigenvalue weighted by Crippen LogP contribution is 2.36. The summed E-state index contributed by atoms with van der Waals surface area (Å²) in [4.78, 5) is 12.2. The number of nitrogens with one attached hydrogen (secondary N) is 1. The van der Waals surface area contributed by atoms with Crippen LogP contribution in [-0.2, 0) is 43.1 Å². The van der Waals surface area contributed by atoms with Crippen LogP contribution < -0.4 is 5.32 Å². The molecule has 2 aromatic rings. The monoisotopic (exact) mass is 409 g/mol. The first-order chi connectivity index (χ1) is 12.9. The van der Waals surface area contributed by atoms with Crippen LogP contribution in [0.3, 0.4) is 0 Å². The molecule has 1 atom stereocenters. The van der Waals surface area contributed by atoms with Gasteiger partial charge >= 0.3 is 12.4 Å². The Balaban J connectivity index is 1.62. The number of hydrogen-bond acceptors (Lipinski definition) is 3. The standard InChI is InChI=1S/C16H17F6N5O/c1-9(7-26-6-5-12(24-26)15(17,18)19)23-13(28)8-27-11-4-2-3-10(11)14(25-27)16(20,21)22/h5-6,9H,2-4,7-8H2,1H3,(H,23,28). The van der Waals surface area contributed by atoms with Crippen LogP contribution in [0, 0.1) is 0 Å². The summed E-state index contributed by atoms with van der Waals surface area (Å²) in [6.45, 7) is 1.14. The van der Waals surface area contributed by atoms with Crippen molar-refractivity contribution < 1.29 is 31.1 Å². The number of amides is 1. The second-order valence-electron chi connectivity index (χ2n) is 6.67. The Hall–Kier alpha value is -2.53. The minimum Gasteiger partial charge on any atom is -0.350 e. The Morgan fingerprint density at radius 3 is 2.50 bits per heavy atom. The van der Waals surface area contributed by atoms with E-state index in [-0.39, 0.29) is 18.5 Å². The smallest absolute Gasteiger partial charge is 0.350 e. The summed E-state index contributed by atoms with van der Waals surface area (Å²) in [5.74, 6) is -0.582. The van der Waals surface area contributed by atoms with Gasteiger partial charge in [-0.2, -0.15) is 36.5 Å². The van der Waals surface area contributed by atoms with Crippen molar-refractivity contribution in [1.29, 1.82) is 0 Å². The van der Waals surface area contributed by atoms with Gasteiger partial charge in [0.2, 0.25) is 5.91 Å². The van der Waals surface area contributed by atoms with E-state index in [1.165, 1.54) is 0 Å². The zero-order chi connectivity index (χ0) is 20.7. The van der Waals surface area contributed by atoms with Crippen molar-refractivity contribution in [3.05, 3.63) is 34.9 Å². The molecule has 0 aromatic carbocycles. The Morgan fingerprint density at radius 1 is 1.18 bits per heavy atom. The van der Waals surface area contributed by atoms with E-state index >= 15 is 0 Å². The lowest BCUT2D eigenvalue weighted by molar-refractivity contribution is -0.142. The van der Waals surface area contributed by atoms with Crippen LogP contribution in [0.2, 0.25) is 0 Å². The van der Waals surface area contributed by atoms with Gasteiger partial charge < -0.3 is 5.32 Å². The minimum atomic E-state index is -4.58. The molecule has 1 aliphatic rings. The second kappa shape index (κ2) is 7.13. The molecule has 1 unspecified atom stereocenters. The molecule has 0 saturated carbocycles.